The molecule has 3 heterocycles. The minimum atomic E-state index is -0.198. The fourth-order valence-corrected chi connectivity index (χ4v) is 3.65. The summed E-state index contributed by atoms with van der Waals surface area (Å²) in [5.74, 6) is 0.521. The molecule has 0 fully saturated rings. The maximum absolute atomic E-state index is 12.9. The van der Waals surface area contributed by atoms with Crippen molar-refractivity contribution in [2.24, 2.45) is 0 Å². The number of para-hydroxylation sites is 1. The number of nitrogens with one attached hydrogen (secondary N) is 1. The summed E-state index contributed by atoms with van der Waals surface area (Å²) in [5.41, 5.74) is 4.93. The molecule has 1 atom stereocenters. The van der Waals surface area contributed by atoms with E-state index in [1.54, 1.807) is 19.5 Å². The highest BCUT2D eigenvalue weighted by Crippen LogP contribution is 2.34. The summed E-state index contributed by atoms with van der Waals surface area (Å²) in [5, 5.41) is 3.02. The van der Waals surface area contributed by atoms with Crippen LogP contribution < -0.4 is 10.1 Å². The van der Waals surface area contributed by atoms with E-state index >= 15 is 0 Å². The molecular weight excluding hydrogens is 376 g/mol. The summed E-state index contributed by atoms with van der Waals surface area (Å²) >= 11 is 0. The van der Waals surface area contributed by atoms with Crippen molar-refractivity contribution in [1.29, 1.82) is 0 Å². The number of pyridine rings is 2. The Labute approximate surface area is 175 Å². The van der Waals surface area contributed by atoms with Gasteiger partial charge in [0, 0.05) is 49.2 Å². The Bertz CT molecular complexity index is 1150. The first-order chi connectivity index (χ1) is 14.7. The zero-order valence-electron chi connectivity index (χ0n) is 17.1. The minimum absolute atomic E-state index is 0.0372. The first kappa shape index (κ1) is 19.6. The largest absolute Gasteiger partial charge is 0.496 e. The van der Waals surface area contributed by atoms with Crippen LogP contribution in [0.1, 0.15) is 34.7 Å². The molecule has 0 spiro atoms. The number of aryl methyl sites for hydroxylation is 1. The van der Waals surface area contributed by atoms with Gasteiger partial charge < -0.3 is 14.5 Å². The summed E-state index contributed by atoms with van der Waals surface area (Å²) in [6.45, 7) is 2.50. The minimum Gasteiger partial charge on any atom is -0.496 e. The summed E-state index contributed by atoms with van der Waals surface area (Å²) in [7, 11) is 1.65. The lowest BCUT2D eigenvalue weighted by atomic mass is 9.91. The Morgan fingerprint density at radius 2 is 1.97 bits per heavy atom. The van der Waals surface area contributed by atoms with Gasteiger partial charge in [0.15, 0.2) is 0 Å². The van der Waals surface area contributed by atoms with E-state index in [1.807, 2.05) is 72.2 Å². The van der Waals surface area contributed by atoms with E-state index in [9.17, 15) is 4.79 Å². The van der Waals surface area contributed by atoms with E-state index in [0.29, 0.717) is 6.54 Å². The molecule has 1 amide bonds. The van der Waals surface area contributed by atoms with Gasteiger partial charge in [0.2, 0.25) is 5.91 Å². The van der Waals surface area contributed by atoms with E-state index in [2.05, 4.69) is 15.3 Å². The van der Waals surface area contributed by atoms with Crippen molar-refractivity contribution in [3.8, 4) is 5.75 Å². The van der Waals surface area contributed by atoms with Crippen molar-refractivity contribution >= 4 is 11.6 Å². The van der Waals surface area contributed by atoms with Gasteiger partial charge in [0.05, 0.1) is 12.8 Å². The lowest BCUT2D eigenvalue weighted by molar-refractivity contribution is -0.121. The first-order valence-electron chi connectivity index (χ1n) is 9.88. The predicted octanol–water partition coefficient (Wildman–Crippen LogP) is 3.88. The highest BCUT2D eigenvalue weighted by atomic mass is 16.5. The SMILES string of the molecule is COc1ccccc1[C@H](CC(=O)NCc1ccncc1)c1cnc2cc(C)ccn12. The number of carbonyl (C=O) groups excluding carboxylic acids is 1. The zero-order chi connectivity index (χ0) is 20.9. The van der Waals surface area contributed by atoms with Crippen LogP contribution in [0.5, 0.6) is 5.75 Å². The van der Waals surface area contributed by atoms with Gasteiger partial charge in [0.25, 0.3) is 0 Å². The maximum Gasteiger partial charge on any atom is 0.221 e. The second kappa shape index (κ2) is 8.78. The Hall–Kier alpha value is -3.67. The van der Waals surface area contributed by atoms with E-state index in [-0.39, 0.29) is 18.2 Å². The molecule has 1 N–H and O–H groups in total. The smallest absolute Gasteiger partial charge is 0.221 e. The maximum atomic E-state index is 12.9. The molecule has 0 aliphatic rings. The van der Waals surface area contributed by atoms with Crippen molar-refractivity contribution in [1.82, 2.24) is 19.7 Å². The van der Waals surface area contributed by atoms with Gasteiger partial charge >= 0.3 is 0 Å². The van der Waals surface area contributed by atoms with Crippen LogP contribution in [0.25, 0.3) is 5.65 Å². The molecule has 152 valence electrons. The lowest BCUT2D eigenvalue weighted by Gasteiger charge is -2.20. The number of carbonyl (C=O) groups is 1. The third-order valence-corrected chi connectivity index (χ3v) is 5.20. The van der Waals surface area contributed by atoms with Crippen LogP contribution in [0.15, 0.2) is 73.3 Å². The third kappa shape index (κ3) is 4.17. The van der Waals surface area contributed by atoms with Crippen LogP contribution >= 0.6 is 0 Å². The monoisotopic (exact) mass is 400 g/mol. The highest BCUT2D eigenvalue weighted by molar-refractivity contribution is 5.77. The van der Waals surface area contributed by atoms with Gasteiger partial charge in [-0.3, -0.25) is 9.78 Å². The molecule has 4 rings (SSSR count). The fourth-order valence-electron chi connectivity index (χ4n) is 3.65. The Kier molecular flexibility index (Phi) is 5.75. The molecule has 0 aliphatic carbocycles. The predicted molar refractivity (Wildman–Crippen MR) is 115 cm³/mol. The highest BCUT2D eigenvalue weighted by Gasteiger charge is 2.24. The zero-order valence-corrected chi connectivity index (χ0v) is 17.1. The fraction of sp³-hybridized carbons (Fsp3) is 0.208. The van der Waals surface area contributed by atoms with Gasteiger partial charge in [-0.15, -0.1) is 0 Å². The first-order valence-corrected chi connectivity index (χ1v) is 9.88. The van der Waals surface area contributed by atoms with Crippen LogP contribution in [-0.4, -0.2) is 27.4 Å². The molecule has 1 aromatic carbocycles. The number of amides is 1. The Morgan fingerprint density at radius 3 is 2.77 bits per heavy atom. The summed E-state index contributed by atoms with van der Waals surface area (Å²) in [6.07, 6.45) is 7.58. The second-order valence-corrected chi connectivity index (χ2v) is 7.25. The van der Waals surface area contributed by atoms with Gasteiger partial charge in [0.1, 0.15) is 11.4 Å². The number of benzene rings is 1. The van der Waals surface area contributed by atoms with E-state index in [4.69, 9.17) is 4.74 Å². The molecule has 0 saturated carbocycles. The van der Waals surface area contributed by atoms with Crippen LogP contribution in [0, 0.1) is 6.92 Å². The van der Waals surface area contributed by atoms with Gasteiger partial charge in [-0.2, -0.15) is 0 Å². The van der Waals surface area contributed by atoms with Crippen LogP contribution in [0.4, 0.5) is 0 Å². The average Bonchev–Trinajstić information content (AvgIpc) is 3.19. The molecule has 3 aromatic heterocycles. The molecular formula is C24H24N4O2. The van der Waals surface area contributed by atoms with E-state index < -0.39 is 0 Å². The average molecular weight is 400 g/mol. The van der Waals surface area contributed by atoms with Crippen LogP contribution in [0.3, 0.4) is 0 Å². The second-order valence-electron chi connectivity index (χ2n) is 7.25. The molecule has 0 radical (unpaired) electrons. The standard InChI is InChI=1S/C24H24N4O2/c1-17-9-12-28-21(16-26-23(28)13-17)20(19-5-3-4-6-22(19)30-2)14-24(29)27-15-18-7-10-25-11-8-18/h3-13,16,20H,14-15H2,1-2H3,(H,27,29)/t20-/m0/s1. The van der Waals surface area contributed by atoms with Crippen molar-refractivity contribution < 1.29 is 9.53 Å². The summed E-state index contributed by atoms with van der Waals surface area (Å²) in [4.78, 5) is 21.5. The third-order valence-electron chi connectivity index (χ3n) is 5.20. The van der Waals surface area contributed by atoms with Crippen LogP contribution in [0.2, 0.25) is 0 Å². The number of hydrogen-bond acceptors (Lipinski definition) is 4. The van der Waals surface area contributed by atoms with Crippen molar-refractivity contribution in [3.63, 3.8) is 0 Å². The van der Waals surface area contributed by atoms with Crippen molar-refractivity contribution in [3.05, 3.63) is 95.7 Å². The van der Waals surface area contributed by atoms with Crippen molar-refractivity contribution in [2.45, 2.75) is 25.8 Å². The number of nitrogens with zero attached hydrogens (tertiary/aromatic N) is 3. The molecule has 30 heavy (non-hydrogen) atoms. The topological polar surface area (TPSA) is 68.5 Å². The molecule has 0 bridgehead atoms. The quantitative estimate of drug-likeness (QED) is 0.511. The molecule has 6 heteroatoms. The van der Waals surface area contributed by atoms with Gasteiger partial charge in [-0.05, 0) is 48.4 Å². The van der Waals surface area contributed by atoms with Crippen LogP contribution in [-0.2, 0) is 11.3 Å². The number of hydrogen-bond donors (Lipinski definition) is 1. The molecule has 4 aromatic rings. The molecule has 0 unspecified atom stereocenters. The lowest BCUT2D eigenvalue weighted by Crippen LogP contribution is -2.25. The molecule has 0 aliphatic heterocycles. The summed E-state index contributed by atoms with van der Waals surface area (Å²) < 4.78 is 7.64. The van der Waals surface area contributed by atoms with Gasteiger partial charge in [-0.1, -0.05) is 18.2 Å². The number of fused-ring (bicyclic) bond motifs is 1. The normalized spacial score (nSPS) is 11.9. The molecule has 6 nitrogen and oxygen atoms in total. The number of methoxy groups -OCH3 is 1. The number of aromatic nitrogens is 3. The van der Waals surface area contributed by atoms with Crippen molar-refractivity contribution in [2.75, 3.05) is 7.11 Å². The summed E-state index contributed by atoms with van der Waals surface area (Å²) in [6, 6.07) is 15.7. The van der Waals surface area contributed by atoms with E-state index in [1.165, 1.54) is 0 Å². The number of ether oxygens (including phenoxy) is 1. The Balaban J connectivity index is 1.66. The Morgan fingerprint density at radius 1 is 1.17 bits per heavy atom. The molecule has 0 saturated heterocycles. The van der Waals surface area contributed by atoms with Gasteiger partial charge in [-0.25, -0.2) is 4.98 Å². The number of rotatable bonds is 7. The van der Waals surface area contributed by atoms with E-state index in [0.717, 1.165) is 33.8 Å². The number of imidazole rings is 1.